The van der Waals surface area contributed by atoms with E-state index < -0.39 is 0 Å². The molecule has 4 aromatic carbocycles. The molecule has 0 aromatic heterocycles. The molecule has 1 fully saturated rings. The van der Waals surface area contributed by atoms with Crippen LogP contribution in [0.5, 0.6) is 0 Å². The van der Waals surface area contributed by atoms with Crippen LogP contribution in [-0.4, -0.2) is 5.49 Å². The Bertz CT molecular complexity index is 1040. The van der Waals surface area contributed by atoms with Gasteiger partial charge >= 0.3 is 53.4 Å². The van der Waals surface area contributed by atoms with Crippen LogP contribution >= 0.6 is 0 Å². The summed E-state index contributed by atoms with van der Waals surface area (Å²) >= 11 is 1.55. The molecule has 0 radical (unpaired) electrons. The number of benzene rings is 2. The zero-order chi connectivity index (χ0) is 21.5. The summed E-state index contributed by atoms with van der Waals surface area (Å²) in [4.78, 5) is 0. The van der Waals surface area contributed by atoms with E-state index in [1.807, 2.05) is 0 Å². The Morgan fingerprint density at radius 2 is 1.16 bits per heavy atom. The van der Waals surface area contributed by atoms with Crippen molar-refractivity contribution >= 4 is 27.0 Å². The number of halogens is 2. The van der Waals surface area contributed by atoms with Gasteiger partial charge in [-0.25, -0.2) is 0 Å². The summed E-state index contributed by atoms with van der Waals surface area (Å²) in [7, 11) is 0. The molecule has 0 saturated carbocycles. The normalized spacial score (nSPS) is 12.4. The molecule has 0 amide bonds. The minimum absolute atomic E-state index is 0. The molecule has 0 aliphatic carbocycles. The third-order valence-corrected chi connectivity index (χ3v) is 13.4. The van der Waals surface area contributed by atoms with Gasteiger partial charge in [-0.15, -0.1) is 69.1 Å². The van der Waals surface area contributed by atoms with Gasteiger partial charge in [-0.1, -0.05) is 37.1 Å². The second-order valence-electron chi connectivity index (χ2n) is 8.40. The van der Waals surface area contributed by atoms with Crippen molar-refractivity contribution in [1.29, 1.82) is 0 Å². The maximum atomic E-state index is 2.30. The van der Waals surface area contributed by atoms with Gasteiger partial charge in [0.2, 0.25) is 0 Å². The molecule has 1 saturated heterocycles. The van der Waals surface area contributed by atoms with Crippen molar-refractivity contribution in [3.8, 4) is 0 Å². The third kappa shape index (κ3) is 7.97. The van der Waals surface area contributed by atoms with Crippen molar-refractivity contribution < 1.29 is 47.8 Å². The Morgan fingerprint density at radius 3 is 1.44 bits per heavy atom. The van der Waals surface area contributed by atoms with Crippen molar-refractivity contribution in [3.63, 3.8) is 0 Å². The summed E-state index contributed by atoms with van der Waals surface area (Å²) in [6.07, 6.45) is 5.40. The summed E-state index contributed by atoms with van der Waals surface area (Å²) in [6.45, 7) is 8.73. The second kappa shape index (κ2) is 14.6. The minimum atomic E-state index is 0. The fourth-order valence-electron chi connectivity index (χ4n) is 4.12. The first-order valence-electron chi connectivity index (χ1n) is 11.4. The molecule has 170 valence electrons. The van der Waals surface area contributed by atoms with E-state index in [4.69, 9.17) is 0 Å². The molecular weight excluding hydrogens is 614 g/mol. The molecule has 1 aliphatic heterocycles. The molecular formula is C28H34Cl2HfSi-2. The predicted molar refractivity (Wildman–Crippen MR) is 132 cm³/mol. The Hall–Kier alpha value is -0.673. The van der Waals surface area contributed by atoms with Crippen molar-refractivity contribution in [2.24, 2.45) is 0 Å². The van der Waals surface area contributed by atoms with E-state index in [-0.39, 0.29) is 24.8 Å². The van der Waals surface area contributed by atoms with E-state index in [0.29, 0.717) is 5.49 Å². The third-order valence-electron chi connectivity index (χ3n) is 6.08. The fraction of sp³-hybridized carbons (Fsp3) is 0.357. The first kappa shape index (κ1) is 29.4. The molecule has 0 nitrogen and oxygen atoms in total. The summed E-state index contributed by atoms with van der Waals surface area (Å²) in [6, 6.07) is 25.4. The van der Waals surface area contributed by atoms with Crippen LogP contribution in [0.2, 0.25) is 12.1 Å². The number of hydrogen-bond acceptors (Lipinski definition) is 0. The van der Waals surface area contributed by atoms with Crippen LogP contribution in [0.3, 0.4) is 0 Å². The van der Waals surface area contributed by atoms with Gasteiger partial charge in [-0.2, -0.15) is 12.1 Å². The number of fused-ring (bicyclic) bond motifs is 2. The maximum absolute atomic E-state index is 2.30. The quantitative estimate of drug-likeness (QED) is 0.231. The van der Waals surface area contributed by atoms with Gasteiger partial charge in [0, 0.05) is 0 Å². The first-order valence-corrected chi connectivity index (χ1v) is 18.7. The summed E-state index contributed by atoms with van der Waals surface area (Å²) in [5.41, 5.74) is 6.03. The standard InChI is InChI=1S/2C12H13.C4H8Si.2ClH.Hf/c2*1-3-10-7-11-6-4-5-9(2)12(11)8-10;1-2-4-5-3-1;;;/h2*4-8H,3H2,1-2H3;1-4H2;2*1H;/q2*-1;;;;+2/p-2. The van der Waals surface area contributed by atoms with Crippen molar-refractivity contribution in [3.05, 3.63) is 82.9 Å². The summed E-state index contributed by atoms with van der Waals surface area (Å²) < 4.78 is 0. The molecule has 0 N–H and O–H groups in total. The van der Waals surface area contributed by atoms with Crippen LogP contribution in [0.1, 0.15) is 48.9 Å². The zero-order valence-electron chi connectivity index (χ0n) is 19.8. The van der Waals surface area contributed by atoms with Gasteiger partial charge < -0.3 is 24.8 Å². The molecule has 0 spiro atoms. The molecule has 1 aliphatic rings. The van der Waals surface area contributed by atoms with Crippen LogP contribution in [0.4, 0.5) is 0 Å². The van der Waals surface area contributed by atoms with Crippen LogP contribution in [0, 0.1) is 13.8 Å². The monoisotopic (exact) mass is 648 g/mol. The molecule has 0 unspecified atom stereocenters. The summed E-state index contributed by atoms with van der Waals surface area (Å²) in [5.74, 6) is 0. The van der Waals surface area contributed by atoms with Crippen LogP contribution < -0.4 is 24.8 Å². The molecule has 32 heavy (non-hydrogen) atoms. The van der Waals surface area contributed by atoms with Crippen molar-refractivity contribution in [2.75, 3.05) is 0 Å². The zero-order valence-corrected chi connectivity index (χ0v) is 25.9. The summed E-state index contributed by atoms with van der Waals surface area (Å²) in [5, 5.41) is 5.59. The van der Waals surface area contributed by atoms with E-state index >= 15 is 0 Å². The Kier molecular flexibility index (Phi) is 13.4. The number of rotatable bonds is 2. The Labute approximate surface area is 221 Å². The Morgan fingerprint density at radius 1 is 0.750 bits per heavy atom. The number of aryl methyl sites for hydroxylation is 4. The van der Waals surface area contributed by atoms with Gasteiger partial charge in [-0.3, -0.25) is 0 Å². The average molecular weight is 648 g/mol. The SMILES string of the molecule is CCc1cc2c(C)cccc2[cH-]1.CCc1cc2c(C)cccc2[cH-]1.[Cl-].[Cl-].[Hf+2]=[Si]1CCCC1. The van der Waals surface area contributed by atoms with Crippen LogP contribution in [0.15, 0.2) is 60.7 Å². The Balaban J connectivity index is 0.000000245. The van der Waals surface area contributed by atoms with E-state index in [9.17, 15) is 0 Å². The molecule has 0 bridgehead atoms. The molecule has 4 aromatic rings. The average Bonchev–Trinajstić information content (AvgIpc) is 3.48. The van der Waals surface area contributed by atoms with Crippen LogP contribution in [-0.2, 0) is 35.8 Å². The molecule has 4 heteroatoms. The van der Waals surface area contributed by atoms with Crippen molar-refractivity contribution in [2.45, 2.75) is 65.5 Å². The fourth-order valence-corrected chi connectivity index (χ4v) is 9.53. The second-order valence-corrected chi connectivity index (χ2v) is 18.2. The van der Waals surface area contributed by atoms with Gasteiger partial charge in [0.1, 0.15) is 0 Å². The molecule has 1 heterocycles. The van der Waals surface area contributed by atoms with Gasteiger partial charge in [0.25, 0.3) is 0 Å². The van der Waals surface area contributed by atoms with Gasteiger partial charge in [-0.05, 0) is 26.7 Å². The van der Waals surface area contributed by atoms with Gasteiger partial charge in [0.15, 0.2) is 0 Å². The predicted octanol–water partition coefficient (Wildman–Crippen LogP) is 2.19. The van der Waals surface area contributed by atoms with Crippen LogP contribution in [0.25, 0.3) is 21.5 Å². The van der Waals surface area contributed by atoms with E-state index in [0.717, 1.165) is 12.8 Å². The van der Waals surface area contributed by atoms with E-state index in [1.54, 1.807) is 47.9 Å². The molecule has 0 atom stereocenters. The first-order chi connectivity index (χ1) is 14.5. The van der Waals surface area contributed by atoms with Crippen molar-refractivity contribution in [1.82, 2.24) is 0 Å². The number of hydrogen-bond donors (Lipinski definition) is 0. The topological polar surface area (TPSA) is 0 Å². The molecule has 5 rings (SSSR count). The van der Waals surface area contributed by atoms with E-state index in [2.05, 4.69) is 88.4 Å². The van der Waals surface area contributed by atoms with Gasteiger partial charge in [0.05, 0.1) is 0 Å². The van der Waals surface area contributed by atoms with E-state index in [1.165, 1.54) is 43.8 Å².